The summed E-state index contributed by atoms with van der Waals surface area (Å²) in [5, 5.41) is 7.75. The highest BCUT2D eigenvalue weighted by Crippen LogP contribution is 2.28. The van der Waals surface area contributed by atoms with E-state index in [0.717, 1.165) is 19.4 Å². The molecule has 0 spiro atoms. The van der Waals surface area contributed by atoms with Crippen LogP contribution in [0.3, 0.4) is 0 Å². The number of rotatable bonds is 3. The smallest absolute Gasteiger partial charge is 0.244 e. The molecule has 0 aromatic carbocycles. The van der Waals surface area contributed by atoms with Crippen LogP contribution in [0.25, 0.3) is 0 Å². The normalized spacial score (nSPS) is 18.6. The molecule has 17 heavy (non-hydrogen) atoms. The van der Waals surface area contributed by atoms with Crippen LogP contribution in [0.4, 0.5) is 0 Å². The molecule has 1 aromatic heterocycles. The predicted molar refractivity (Wildman–Crippen MR) is 62.9 cm³/mol. The molecule has 1 amide bonds. The summed E-state index contributed by atoms with van der Waals surface area (Å²) in [5.41, 5.74) is 6.12. The summed E-state index contributed by atoms with van der Waals surface area (Å²) in [6.07, 6.45) is 3.86. The van der Waals surface area contributed by atoms with Crippen molar-refractivity contribution in [3.05, 3.63) is 11.9 Å². The average molecular weight is 237 g/mol. The Labute approximate surface area is 101 Å². The molecule has 2 heterocycles. The Kier molecular flexibility index (Phi) is 3.15. The fraction of sp³-hybridized carbons (Fsp3) is 0.727. The highest BCUT2D eigenvalue weighted by molar-refractivity contribution is 5.77. The Balaban J connectivity index is 2.01. The molecular formula is C11H19N5O. The number of hydrogen-bond donors (Lipinski definition) is 1. The quantitative estimate of drug-likeness (QED) is 0.811. The summed E-state index contributed by atoms with van der Waals surface area (Å²) >= 11 is 0. The standard InChI is InChI=1S/C11H19N5O/c1-11(2)4-3-5-16(11)10(17)8-15-7-9(6-12)13-14-15/h7H,3-6,8,12H2,1-2H3. The average Bonchev–Trinajstić information content (AvgIpc) is 2.84. The molecule has 1 aliphatic heterocycles. The second kappa shape index (κ2) is 4.44. The van der Waals surface area contributed by atoms with Crippen LogP contribution < -0.4 is 5.73 Å². The zero-order valence-corrected chi connectivity index (χ0v) is 10.4. The molecule has 1 aromatic rings. The second-order valence-corrected chi connectivity index (χ2v) is 5.07. The van der Waals surface area contributed by atoms with Gasteiger partial charge in [-0.3, -0.25) is 4.79 Å². The van der Waals surface area contributed by atoms with Gasteiger partial charge in [0.2, 0.25) is 5.91 Å². The Morgan fingerprint density at radius 2 is 2.35 bits per heavy atom. The van der Waals surface area contributed by atoms with Gasteiger partial charge in [-0.2, -0.15) is 0 Å². The lowest BCUT2D eigenvalue weighted by atomic mass is 10.0. The molecule has 0 aliphatic carbocycles. The third-order valence-corrected chi connectivity index (χ3v) is 3.29. The monoisotopic (exact) mass is 237 g/mol. The molecule has 6 nitrogen and oxygen atoms in total. The highest BCUT2D eigenvalue weighted by Gasteiger charge is 2.35. The van der Waals surface area contributed by atoms with Gasteiger partial charge in [0.1, 0.15) is 6.54 Å². The molecule has 1 aliphatic rings. The van der Waals surface area contributed by atoms with Crippen LogP contribution in [0.1, 0.15) is 32.4 Å². The van der Waals surface area contributed by atoms with Crippen molar-refractivity contribution >= 4 is 5.91 Å². The van der Waals surface area contributed by atoms with Crippen LogP contribution in [-0.2, 0) is 17.9 Å². The number of hydrogen-bond acceptors (Lipinski definition) is 4. The third kappa shape index (κ3) is 2.46. The van der Waals surface area contributed by atoms with Crippen LogP contribution in [0.2, 0.25) is 0 Å². The SMILES string of the molecule is CC1(C)CCCN1C(=O)Cn1cc(CN)nn1. The maximum Gasteiger partial charge on any atom is 0.244 e. The summed E-state index contributed by atoms with van der Waals surface area (Å²) in [5.74, 6) is 0.0981. The van der Waals surface area contributed by atoms with Crippen molar-refractivity contribution in [3.8, 4) is 0 Å². The molecule has 0 bridgehead atoms. The van der Waals surface area contributed by atoms with Crippen LogP contribution in [0, 0.1) is 0 Å². The van der Waals surface area contributed by atoms with Gasteiger partial charge in [0.25, 0.3) is 0 Å². The number of nitrogens with zero attached hydrogens (tertiary/aromatic N) is 4. The van der Waals surface area contributed by atoms with Crippen molar-refractivity contribution < 1.29 is 4.79 Å². The van der Waals surface area contributed by atoms with Crippen molar-refractivity contribution in [2.45, 2.75) is 45.3 Å². The number of likely N-dealkylation sites (tertiary alicyclic amines) is 1. The van der Waals surface area contributed by atoms with Gasteiger partial charge in [0.15, 0.2) is 0 Å². The minimum absolute atomic E-state index is 0.0334. The van der Waals surface area contributed by atoms with Crippen LogP contribution in [0.5, 0.6) is 0 Å². The molecular weight excluding hydrogens is 218 g/mol. The van der Waals surface area contributed by atoms with Gasteiger partial charge in [-0.05, 0) is 26.7 Å². The van der Waals surface area contributed by atoms with Crippen LogP contribution in [-0.4, -0.2) is 37.9 Å². The van der Waals surface area contributed by atoms with Gasteiger partial charge in [-0.15, -0.1) is 5.10 Å². The van der Waals surface area contributed by atoms with Crippen molar-refractivity contribution in [1.82, 2.24) is 19.9 Å². The Morgan fingerprint density at radius 3 is 2.88 bits per heavy atom. The third-order valence-electron chi connectivity index (χ3n) is 3.29. The fourth-order valence-electron chi connectivity index (χ4n) is 2.30. The zero-order chi connectivity index (χ0) is 12.5. The first-order valence-corrected chi connectivity index (χ1v) is 5.92. The fourth-order valence-corrected chi connectivity index (χ4v) is 2.30. The number of amides is 1. The maximum atomic E-state index is 12.1. The summed E-state index contributed by atoms with van der Waals surface area (Å²) < 4.78 is 1.55. The lowest BCUT2D eigenvalue weighted by Crippen LogP contribution is -2.44. The van der Waals surface area contributed by atoms with Gasteiger partial charge < -0.3 is 10.6 Å². The molecule has 1 fully saturated rings. The Bertz CT molecular complexity index is 412. The van der Waals surface area contributed by atoms with E-state index >= 15 is 0 Å². The van der Waals surface area contributed by atoms with E-state index in [1.165, 1.54) is 0 Å². The number of aromatic nitrogens is 3. The molecule has 0 atom stereocenters. The molecule has 6 heteroatoms. The first-order chi connectivity index (χ1) is 8.03. The van der Waals surface area contributed by atoms with E-state index in [9.17, 15) is 4.79 Å². The maximum absolute atomic E-state index is 12.1. The van der Waals surface area contributed by atoms with E-state index in [-0.39, 0.29) is 18.0 Å². The summed E-state index contributed by atoms with van der Waals surface area (Å²) in [6, 6.07) is 0. The Morgan fingerprint density at radius 1 is 1.59 bits per heavy atom. The highest BCUT2D eigenvalue weighted by atomic mass is 16.2. The van der Waals surface area contributed by atoms with E-state index < -0.39 is 0 Å². The molecule has 2 N–H and O–H groups in total. The Hall–Kier alpha value is -1.43. The topological polar surface area (TPSA) is 77.0 Å². The van der Waals surface area contributed by atoms with Gasteiger partial charge in [0, 0.05) is 18.6 Å². The number of nitrogens with two attached hydrogens (primary N) is 1. The van der Waals surface area contributed by atoms with Crippen molar-refractivity contribution in [1.29, 1.82) is 0 Å². The van der Waals surface area contributed by atoms with Gasteiger partial charge in [0.05, 0.1) is 11.9 Å². The van der Waals surface area contributed by atoms with Gasteiger partial charge >= 0.3 is 0 Å². The molecule has 0 radical (unpaired) electrons. The zero-order valence-electron chi connectivity index (χ0n) is 10.4. The van der Waals surface area contributed by atoms with E-state index in [1.807, 2.05) is 4.90 Å². The van der Waals surface area contributed by atoms with Crippen molar-refractivity contribution in [3.63, 3.8) is 0 Å². The minimum atomic E-state index is -0.0334. The van der Waals surface area contributed by atoms with Crippen LogP contribution in [0.15, 0.2) is 6.20 Å². The molecule has 1 saturated heterocycles. The summed E-state index contributed by atoms with van der Waals surface area (Å²) in [6.45, 7) is 5.64. The number of carbonyl (C=O) groups is 1. The first kappa shape index (κ1) is 12.0. The molecule has 94 valence electrons. The van der Waals surface area contributed by atoms with Gasteiger partial charge in [-0.1, -0.05) is 5.21 Å². The lowest BCUT2D eigenvalue weighted by Gasteiger charge is -2.31. The second-order valence-electron chi connectivity index (χ2n) is 5.07. The van der Waals surface area contributed by atoms with Crippen molar-refractivity contribution in [2.75, 3.05) is 6.54 Å². The largest absolute Gasteiger partial charge is 0.336 e. The minimum Gasteiger partial charge on any atom is -0.336 e. The molecule has 0 saturated carbocycles. The van der Waals surface area contributed by atoms with E-state index in [4.69, 9.17) is 5.73 Å². The predicted octanol–water partition coefficient (Wildman–Crippen LogP) is 0.138. The molecule has 2 rings (SSSR count). The van der Waals surface area contributed by atoms with E-state index in [2.05, 4.69) is 24.2 Å². The van der Waals surface area contributed by atoms with Gasteiger partial charge in [-0.25, -0.2) is 4.68 Å². The van der Waals surface area contributed by atoms with E-state index in [0.29, 0.717) is 12.2 Å². The summed E-state index contributed by atoms with van der Waals surface area (Å²) in [4.78, 5) is 14.1. The first-order valence-electron chi connectivity index (χ1n) is 5.92. The van der Waals surface area contributed by atoms with Crippen LogP contribution >= 0.6 is 0 Å². The lowest BCUT2D eigenvalue weighted by molar-refractivity contribution is -0.135. The number of carbonyl (C=O) groups excluding carboxylic acids is 1. The van der Waals surface area contributed by atoms with Crippen molar-refractivity contribution in [2.24, 2.45) is 5.73 Å². The van der Waals surface area contributed by atoms with E-state index in [1.54, 1.807) is 10.9 Å². The summed E-state index contributed by atoms with van der Waals surface area (Å²) in [7, 11) is 0. The molecule has 0 unspecified atom stereocenters.